The number of carbonyl (C=O) groups excluding carboxylic acids is 1. The second kappa shape index (κ2) is 8.74. The van der Waals surface area contributed by atoms with Gasteiger partial charge in [-0.1, -0.05) is 12.1 Å². The molecule has 0 bridgehead atoms. The second-order valence-electron chi connectivity index (χ2n) is 7.92. The summed E-state index contributed by atoms with van der Waals surface area (Å²) in [6.45, 7) is 6.19. The van der Waals surface area contributed by atoms with E-state index in [0.29, 0.717) is 5.69 Å². The molecule has 1 N–H and O–H groups in total. The smallest absolute Gasteiger partial charge is 0.416 e. The molecule has 2 aromatic rings. The zero-order chi connectivity index (χ0) is 23.6. The van der Waals surface area contributed by atoms with Gasteiger partial charge in [-0.2, -0.15) is 13.2 Å². The number of halogens is 3. The topological polar surface area (TPSA) is 94.5 Å². The van der Waals surface area contributed by atoms with Gasteiger partial charge < -0.3 is 4.74 Å². The maximum Gasteiger partial charge on any atom is 0.416 e. The van der Waals surface area contributed by atoms with Gasteiger partial charge in [0.25, 0.3) is 5.56 Å². The van der Waals surface area contributed by atoms with E-state index in [0.717, 1.165) is 28.8 Å². The Morgan fingerprint density at radius 3 is 2.16 bits per heavy atom. The van der Waals surface area contributed by atoms with E-state index in [1.54, 1.807) is 27.7 Å². The Morgan fingerprint density at radius 2 is 1.65 bits per heavy atom. The molecule has 1 heterocycles. The van der Waals surface area contributed by atoms with Crippen LogP contribution in [-0.4, -0.2) is 24.6 Å². The molecule has 0 aliphatic heterocycles. The molecule has 1 aromatic heterocycles. The highest BCUT2D eigenvalue weighted by Gasteiger charge is 2.30. The first-order chi connectivity index (χ1) is 14.1. The van der Waals surface area contributed by atoms with Gasteiger partial charge in [0.1, 0.15) is 17.8 Å². The number of esters is 1. The molecule has 0 saturated carbocycles. The van der Waals surface area contributed by atoms with Crippen LogP contribution in [0.1, 0.15) is 37.6 Å². The van der Waals surface area contributed by atoms with E-state index in [1.165, 1.54) is 12.1 Å². The number of alkyl halides is 3. The fourth-order valence-electron chi connectivity index (χ4n) is 2.66. The van der Waals surface area contributed by atoms with E-state index in [4.69, 9.17) is 4.74 Å². The monoisotopic (exact) mass is 460 g/mol. The van der Waals surface area contributed by atoms with E-state index < -0.39 is 51.2 Å². The van der Waals surface area contributed by atoms with Crippen LogP contribution < -0.4 is 10.3 Å². The molecular weight excluding hydrogens is 437 g/mol. The van der Waals surface area contributed by atoms with Crippen molar-refractivity contribution in [2.75, 3.05) is 4.72 Å². The van der Waals surface area contributed by atoms with Crippen molar-refractivity contribution < 1.29 is 31.1 Å². The molecular formula is C20H23F3N2O5S. The van der Waals surface area contributed by atoms with Gasteiger partial charge in [-0.3, -0.25) is 18.9 Å². The molecule has 1 aromatic carbocycles. The van der Waals surface area contributed by atoms with E-state index in [-0.39, 0.29) is 11.3 Å². The summed E-state index contributed by atoms with van der Waals surface area (Å²) in [5.41, 5.74) is -2.16. The van der Waals surface area contributed by atoms with Gasteiger partial charge >= 0.3 is 12.1 Å². The zero-order valence-electron chi connectivity index (χ0n) is 17.4. The number of rotatable bonds is 6. The average Bonchev–Trinajstić information content (AvgIpc) is 2.59. The third-order valence-corrected chi connectivity index (χ3v) is 5.25. The number of hydrogen-bond donors (Lipinski definition) is 1. The number of anilines is 1. The molecule has 170 valence electrons. The lowest BCUT2D eigenvalue weighted by Gasteiger charge is -2.20. The van der Waals surface area contributed by atoms with Crippen LogP contribution in [0.4, 0.5) is 18.9 Å². The SMILES string of the molecule is Cc1ccc(NS(=O)(=O)Cc2ccc(C(F)(F)F)cc2)c(=O)n1CC(=O)OC(C)(C)C. The van der Waals surface area contributed by atoms with Crippen molar-refractivity contribution in [3.8, 4) is 0 Å². The van der Waals surface area contributed by atoms with Gasteiger partial charge in [-0.25, -0.2) is 8.42 Å². The number of carbonyl (C=O) groups is 1. The third-order valence-electron chi connectivity index (χ3n) is 4.00. The highest BCUT2D eigenvalue weighted by atomic mass is 32.2. The minimum Gasteiger partial charge on any atom is -0.459 e. The van der Waals surface area contributed by atoms with Crippen molar-refractivity contribution in [1.82, 2.24) is 4.57 Å². The van der Waals surface area contributed by atoms with Gasteiger partial charge in [-0.15, -0.1) is 0 Å². The van der Waals surface area contributed by atoms with Crippen LogP contribution in [0, 0.1) is 6.92 Å². The maximum atomic E-state index is 12.7. The number of nitrogens with zero attached hydrogens (tertiary/aromatic N) is 1. The Hall–Kier alpha value is -2.82. The van der Waals surface area contributed by atoms with Crippen LogP contribution in [-0.2, 0) is 38.0 Å². The molecule has 0 atom stereocenters. The van der Waals surface area contributed by atoms with Gasteiger partial charge in [-0.05, 0) is 57.5 Å². The highest BCUT2D eigenvalue weighted by molar-refractivity contribution is 7.91. The van der Waals surface area contributed by atoms with Crippen LogP contribution in [0.3, 0.4) is 0 Å². The van der Waals surface area contributed by atoms with E-state index in [2.05, 4.69) is 4.72 Å². The van der Waals surface area contributed by atoms with E-state index in [9.17, 15) is 31.2 Å². The van der Waals surface area contributed by atoms with Crippen molar-refractivity contribution in [3.63, 3.8) is 0 Å². The summed E-state index contributed by atoms with van der Waals surface area (Å²) in [5, 5.41) is 0. The zero-order valence-corrected chi connectivity index (χ0v) is 18.2. The molecule has 0 saturated heterocycles. The predicted octanol–water partition coefficient (Wildman–Crippen LogP) is 3.46. The fourth-order valence-corrected chi connectivity index (χ4v) is 3.85. The van der Waals surface area contributed by atoms with E-state index in [1.807, 2.05) is 0 Å². The van der Waals surface area contributed by atoms with Gasteiger partial charge in [0.2, 0.25) is 10.0 Å². The Labute approximate surface area is 177 Å². The molecule has 0 spiro atoms. The molecule has 0 aliphatic rings. The summed E-state index contributed by atoms with van der Waals surface area (Å²) in [7, 11) is -4.11. The summed E-state index contributed by atoms with van der Waals surface area (Å²) in [4.78, 5) is 24.7. The number of aromatic nitrogens is 1. The lowest BCUT2D eigenvalue weighted by Crippen LogP contribution is -2.33. The number of hydrogen-bond acceptors (Lipinski definition) is 5. The first-order valence-corrected chi connectivity index (χ1v) is 10.8. The molecule has 11 heteroatoms. The Balaban J connectivity index is 2.21. The quantitative estimate of drug-likeness (QED) is 0.667. The molecule has 31 heavy (non-hydrogen) atoms. The van der Waals surface area contributed by atoms with Crippen LogP contribution >= 0.6 is 0 Å². The number of ether oxygens (including phenoxy) is 1. The molecule has 2 rings (SSSR count). The van der Waals surface area contributed by atoms with Crippen molar-refractivity contribution in [2.45, 2.75) is 51.8 Å². The van der Waals surface area contributed by atoms with Crippen molar-refractivity contribution in [1.29, 1.82) is 0 Å². The van der Waals surface area contributed by atoms with E-state index >= 15 is 0 Å². The summed E-state index contributed by atoms with van der Waals surface area (Å²) in [6, 6.07) is 6.39. The highest BCUT2D eigenvalue weighted by Crippen LogP contribution is 2.29. The van der Waals surface area contributed by atoms with Crippen molar-refractivity contribution in [2.24, 2.45) is 0 Å². The first-order valence-electron chi connectivity index (χ1n) is 9.16. The lowest BCUT2D eigenvalue weighted by atomic mass is 10.1. The average molecular weight is 460 g/mol. The summed E-state index contributed by atoms with van der Waals surface area (Å²) in [5.74, 6) is -1.30. The lowest BCUT2D eigenvalue weighted by molar-refractivity contribution is -0.155. The number of aryl methyl sites for hydroxylation is 1. The van der Waals surface area contributed by atoms with Crippen LogP contribution in [0.25, 0.3) is 0 Å². The largest absolute Gasteiger partial charge is 0.459 e. The molecule has 0 unspecified atom stereocenters. The molecule has 0 radical (unpaired) electrons. The number of sulfonamides is 1. The minimum atomic E-state index is -4.53. The van der Waals surface area contributed by atoms with Crippen LogP contribution in [0.2, 0.25) is 0 Å². The fraction of sp³-hybridized carbons (Fsp3) is 0.400. The van der Waals surface area contributed by atoms with Gasteiger partial charge in [0, 0.05) is 5.69 Å². The third kappa shape index (κ3) is 7.12. The number of pyridine rings is 1. The normalized spacial score (nSPS) is 12.5. The second-order valence-corrected chi connectivity index (χ2v) is 9.64. The Morgan fingerprint density at radius 1 is 1.06 bits per heavy atom. The molecule has 0 amide bonds. The van der Waals surface area contributed by atoms with Crippen molar-refractivity contribution in [3.05, 3.63) is 63.6 Å². The predicted molar refractivity (Wildman–Crippen MR) is 109 cm³/mol. The van der Waals surface area contributed by atoms with Gasteiger partial charge in [0.05, 0.1) is 11.3 Å². The van der Waals surface area contributed by atoms with Crippen LogP contribution in [0.15, 0.2) is 41.2 Å². The Kier molecular flexibility index (Phi) is 6.89. The molecule has 0 aliphatic carbocycles. The first kappa shape index (κ1) is 24.4. The summed E-state index contributed by atoms with van der Waals surface area (Å²) < 4.78 is 71.2. The van der Waals surface area contributed by atoms with Crippen LogP contribution in [0.5, 0.6) is 0 Å². The maximum absolute atomic E-state index is 12.7. The standard InChI is InChI=1S/C20H23F3N2O5S/c1-13-5-10-16(18(27)25(13)11-17(26)30-19(2,3)4)24-31(28,29)12-14-6-8-15(9-7-14)20(21,22)23/h5-10,24H,11-12H2,1-4H3. The molecule has 0 fully saturated rings. The number of nitrogens with one attached hydrogen (secondary N) is 1. The van der Waals surface area contributed by atoms with Crippen molar-refractivity contribution >= 4 is 21.7 Å². The minimum absolute atomic E-state index is 0.113. The van der Waals surface area contributed by atoms with Gasteiger partial charge in [0.15, 0.2) is 0 Å². The summed E-state index contributed by atoms with van der Waals surface area (Å²) >= 11 is 0. The Bertz CT molecular complexity index is 1120. The molecule has 7 nitrogen and oxygen atoms in total. The summed E-state index contributed by atoms with van der Waals surface area (Å²) in [6.07, 6.45) is -4.53. The number of benzene rings is 1.